The average molecular weight is 483 g/mol. The third kappa shape index (κ3) is 5.82. The highest BCUT2D eigenvalue weighted by atomic mass is 16.5. The molecule has 0 fully saturated rings. The maximum absolute atomic E-state index is 12.9. The second-order valence-corrected chi connectivity index (χ2v) is 9.81. The van der Waals surface area contributed by atoms with E-state index in [9.17, 15) is 19.5 Å². The molecule has 3 rings (SSSR count). The number of hydrogen-bond acceptors (Lipinski definition) is 5. The molecule has 8 nitrogen and oxygen atoms in total. The van der Waals surface area contributed by atoms with Crippen molar-refractivity contribution in [1.29, 1.82) is 0 Å². The molecule has 0 aromatic heterocycles. The number of carbonyl (C=O) groups is 3. The molecule has 0 spiro atoms. The van der Waals surface area contributed by atoms with Gasteiger partial charge < -0.3 is 25.6 Å². The van der Waals surface area contributed by atoms with Crippen LogP contribution < -0.4 is 10.6 Å². The highest BCUT2D eigenvalue weighted by Crippen LogP contribution is 2.44. The molecule has 1 aliphatic carbocycles. The zero-order valence-corrected chi connectivity index (χ0v) is 20.6. The number of carbonyl (C=O) groups excluding carboxylic acids is 2. The Bertz CT molecular complexity index is 1040. The van der Waals surface area contributed by atoms with Gasteiger partial charge in [-0.3, -0.25) is 4.79 Å². The van der Waals surface area contributed by atoms with E-state index in [-0.39, 0.29) is 37.3 Å². The minimum absolute atomic E-state index is 0.00545. The van der Waals surface area contributed by atoms with Crippen molar-refractivity contribution >= 4 is 18.0 Å². The lowest BCUT2D eigenvalue weighted by molar-refractivity contribution is -0.147. The van der Waals surface area contributed by atoms with Crippen LogP contribution in [0.1, 0.15) is 51.2 Å². The molecular formula is C27H34N2O6. The van der Waals surface area contributed by atoms with E-state index in [2.05, 4.69) is 22.8 Å². The fourth-order valence-electron chi connectivity index (χ4n) is 4.76. The SMILES string of the molecule is CC(C)C(NC(=O)OCC1c2ccccc2-c2ccccc21)C(C)(C)C(=O)NCC[C@H](O)C(=O)O. The van der Waals surface area contributed by atoms with E-state index in [1.54, 1.807) is 13.8 Å². The van der Waals surface area contributed by atoms with Crippen molar-refractivity contribution in [2.24, 2.45) is 11.3 Å². The van der Waals surface area contributed by atoms with Crippen LogP contribution in [0, 0.1) is 11.3 Å². The molecule has 35 heavy (non-hydrogen) atoms. The number of hydrogen-bond donors (Lipinski definition) is 4. The molecule has 4 N–H and O–H groups in total. The lowest BCUT2D eigenvalue weighted by Crippen LogP contribution is -2.55. The van der Waals surface area contributed by atoms with Crippen molar-refractivity contribution in [3.63, 3.8) is 0 Å². The number of aliphatic hydroxyl groups is 1. The Labute approximate surface area is 205 Å². The summed E-state index contributed by atoms with van der Waals surface area (Å²) in [6.45, 7) is 7.40. The zero-order valence-electron chi connectivity index (χ0n) is 20.6. The number of carboxylic acids is 1. The first-order valence-corrected chi connectivity index (χ1v) is 11.8. The van der Waals surface area contributed by atoms with Gasteiger partial charge in [-0.2, -0.15) is 0 Å². The van der Waals surface area contributed by atoms with Gasteiger partial charge in [-0.05, 0) is 42.0 Å². The van der Waals surface area contributed by atoms with Crippen LogP contribution in [0.4, 0.5) is 4.79 Å². The summed E-state index contributed by atoms with van der Waals surface area (Å²) in [4.78, 5) is 36.4. The van der Waals surface area contributed by atoms with E-state index in [0.717, 1.165) is 22.3 Å². The number of benzene rings is 2. The highest BCUT2D eigenvalue weighted by Gasteiger charge is 2.40. The van der Waals surface area contributed by atoms with Crippen LogP contribution in [0.3, 0.4) is 0 Å². The minimum atomic E-state index is -1.54. The fourth-order valence-corrected chi connectivity index (χ4v) is 4.76. The molecule has 0 saturated heterocycles. The first kappa shape index (κ1) is 26.2. The predicted molar refractivity (Wildman–Crippen MR) is 132 cm³/mol. The van der Waals surface area contributed by atoms with Gasteiger partial charge >= 0.3 is 12.1 Å². The molecule has 0 heterocycles. The number of aliphatic hydroxyl groups excluding tert-OH is 1. The fraction of sp³-hybridized carbons (Fsp3) is 0.444. The molecule has 1 unspecified atom stereocenters. The van der Waals surface area contributed by atoms with Gasteiger partial charge in [0.1, 0.15) is 6.61 Å². The molecule has 188 valence electrons. The quantitative estimate of drug-likeness (QED) is 0.411. The van der Waals surface area contributed by atoms with E-state index in [1.165, 1.54) is 0 Å². The molecule has 2 aromatic rings. The molecule has 0 radical (unpaired) electrons. The van der Waals surface area contributed by atoms with Crippen LogP contribution in [0.2, 0.25) is 0 Å². The molecule has 1 aliphatic rings. The van der Waals surface area contributed by atoms with E-state index in [1.807, 2.05) is 50.2 Å². The van der Waals surface area contributed by atoms with Crippen molar-refractivity contribution < 1.29 is 29.3 Å². The summed E-state index contributed by atoms with van der Waals surface area (Å²) in [6, 6.07) is 15.6. The van der Waals surface area contributed by atoms with E-state index < -0.39 is 29.6 Å². The zero-order chi connectivity index (χ0) is 25.8. The Morgan fingerprint density at radius 2 is 1.54 bits per heavy atom. The molecule has 2 aromatic carbocycles. The van der Waals surface area contributed by atoms with Gasteiger partial charge in [-0.25, -0.2) is 9.59 Å². The van der Waals surface area contributed by atoms with Crippen LogP contribution in [0.5, 0.6) is 0 Å². The van der Waals surface area contributed by atoms with Gasteiger partial charge in [0.2, 0.25) is 5.91 Å². The number of nitrogens with one attached hydrogen (secondary N) is 2. The summed E-state index contributed by atoms with van der Waals surface area (Å²) in [5.41, 5.74) is 3.51. The summed E-state index contributed by atoms with van der Waals surface area (Å²) in [6.07, 6.45) is -2.26. The van der Waals surface area contributed by atoms with Gasteiger partial charge in [0, 0.05) is 24.9 Å². The van der Waals surface area contributed by atoms with E-state index in [0.29, 0.717) is 0 Å². The highest BCUT2D eigenvalue weighted by molar-refractivity contribution is 5.84. The number of fused-ring (bicyclic) bond motifs is 3. The smallest absolute Gasteiger partial charge is 0.407 e. The van der Waals surface area contributed by atoms with Gasteiger partial charge in [0.15, 0.2) is 6.10 Å². The van der Waals surface area contributed by atoms with Gasteiger partial charge in [-0.15, -0.1) is 0 Å². The molecule has 0 saturated carbocycles. The Hall–Kier alpha value is -3.39. The van der Waals surface area contributed by atoms with Crippen molar-refractivity contribution in [1.82, 2.24) is 10.6 Å². The number of aliphatic carboxylic acids is 1. The Balaban J connectivity index is 1.63. The normalized spacial score (nSPS) is 14.6. The van der Waals surface area contributed by atoms with Crippen LogP contribution in [-0.4, -0.2) is 53.5 Å². The van der Waals surface area contributed by atoms with Gasteiger partial charge in [0.05, 0.1) is 5.41 Å². The van der Waals surface area contributed by atoms with Gasteiger partial charge in [0.25, 0.3) is 0 Å². The van der Waals surface area contributed by atoms with E-state index in [4.69, 9.17) is 9.84 Å². The summed E-state index contributed by atoms with van der Waals surface area (Å²) < 4.78 is 5.65. The first-order valence-electron chi connectivity index (χ1n) is 11.8. The molecule has 2 amide bonds. The van der Waals surface area contributed by atoms with Crippen molar-refractivity contribution in [3.8, 4) is 11.1 Å². The van der Waals surface area contributed by atoms with Crippen molar-refractivity contribution in [3.05, 3.63) is 59.7 Å². The van der Waals surface area contributed by atoms with Crippen molar-refractivity contribution in [2.45, 2.75) is 52.2 Å². The number of carboxylic acid groups (broad SMARTS) is 1. The third-order valence-electron chi connectivity index (χ3n) is 6.63. The Kier molecular flexibility index (Phi) is 8.17. The standard InChI is InChI=1S/C27H34N2O6/c1-16(2)23(27(3,4)25(33)28-14-13-22(30)24(31)32)29-26(34)35-15-21-19-11-7-5-9-17(19)18-10-6-8-12-20(18)21/h5-12,16,21-23,30H,13-15H2,1-4H3,(H,28,33)(H,29,34)(H,31,32)/t22-,23?/m0/s1. The maximum atomic E-state index is 12.9. The number of amides is 2. The summed E-state index contributed by atoms with van der Waals surface area (Å²) >= 11 is 0. The molecule has 0 aliphatic heterocycles. The average Bonchev–Trinajstić information content (AvgIpc) is 3.14. The Morgan fingerprint density at radius 3 is 2.06 bits per heavy atom. The molecule has 0 bridgehead atoms. The Morgan fingerprint density at radius 1 is 1.00 bits per heavy atom. The minimum Gasteiger partial charge on any atom is -0.479 e. The number of ether oxygens (including phenoxy) is 1. The molecule has 2 atom stereocenters. The summed E-state index contributed by atoms with van der Waals surface area (Å²) in [7, 11) is 0. The largest absolute Gasteiger partial charge is 0.479 e. The topological polar surface area (TPSA) is 125 Å². The maximum Gasteiger partial charge on any atom is 0.407 e. The lowest BCUT2D eigenvalue weighted by atomic mass is 9.77. The third-order valence-corrected chi connectivity index (χ3v) is 6.63. The predicted octanol–water partition coefficient (Wildman–Crippen LogP) is 3.53. The van der Waals surface area contributed by atoms with Gasteiger partial charge in [-0.1, -0.05) is 62.4 Å². The van der Waals surface area contributed by atoms with Crippen molar-refractivity contribution in [2.75, 3.05) is 13.2 Å². The lowest BCUT2D eigenvalue weighted by Gasteiger charge is -2.36. The monoisotopic (exact) mass is 482 g/mol. The summed E-state index contributed by atoms with van der Waals surface area (Å²) in [5.74, 6) is -1.84. The number of rotatable bonds is 10. The molecular weight excluding hydrogens is 448 g/mol. The van der Waals surface area contributed by atoms with Crippen LogP contribution in [0.15, 0.2) is 48.5 Å². The molecule has 8 heteroatoms. The summed E-state index contributed by atoms with van der Waals surface area (Å²) in [5, 5.41) is 23.7. The second-order valence-electron chi connectivity index (χ2n) is 9.81. The van der Waals surface area contributed by atoms with E-state index >= 15 is 0 Å². The first-order chi connectivity index (χ1) is 16.5. The second kappa shape index (κ2) is 10.9. The number of alkyl carbamates (subject to hydrolysis) is 1. The van der Waals surface area contributed by atoms with Crippen LogP contribution >= 0.6 is 0 Å². The van der Waals surface area contributed by atoms with Crippen LogP contribution in [-0.2, 0) is 14.3 Å². The van der Waals surface area contributed by atoms with Crippen LogP contribution in [0.25, 0.3) is 11.1 Å².